The van der Waals surface area contributed by atoms with Gasteiger partial charge >= 0.3 is 6.03 Å². The van der Waals surface area contributed by atoms with Crippen molar-refractivity contribution in [2.75, 3.05) is 25.6 Å². The van der Waals surface area contributed by atoms with Gasteiger partial charge in [-0.25, -0.2) is 13.2 Å². The minimum atomic E-state index is -3.53. The first-order chi connectivity index (χ1) is 15.5. The Morgan fingerprint density at radius 1 is 0.969 bits per heavy atom. The largest absolute Gasteiger partial charge is 0.491 e. The summed E-state index contributed by atoms with van der Waals surface area (Å²) >= 11 is 0. The third kappa shape index (κ3) is 7.07. The molecular weight excluding hydrogens is 430 g/mol. The quantitative estimate of drug-likeness (QED) is 0.454. The zero-order valence-corrected chi connectivity index (χ0v) is 18.5. The highest BCUT2D eigenvalue weighted by Gasteiger charge is 2.16. The zero-order valence-electron chi connectivity index (χ0n) is 17.7. The first kappa shape index (κ1) is 23.2. The summed E-state index contributed by atoms with van der Waals surface area (Å²) < 4.78 is 35.9. The van der Waals surface area contributed by atoms with Gasteiger partial charge in [0, 0.05) is 31.7 Å². The van der Waals surface area contributed by atoms with Gasteiger partial charge in [-0.15, -0.1) is 0 Å². The van der Waals surface area contributed by atoms with E-state index in [-0.39, 0.29) is 10.6 Å². The smallest absolute Gasteiger partial charge is 0.319 e. The number of nitrogens with zero attached hydrogens (tertiary/aromatic N) is 1. The Kier molecular flexibility index (Phi) is 8.18. The van der Waals surface area contributed by atoms with Crippen LogP contribution in [-0.4, -0.2) is 39.8 Å². The fourth-order valence-electron chi connectivity index (χ4n) is 2.83. The van der Waals surface area contributed by atoms with Crippen molar-refractivity contribution in [3.63, 3.8) is 0 Å². The summed E-state index contributed by atoms with van der Waals surface area (Å²) in [5.74, 6) is 0.518. The highest BCUT2D eigenvalue weighted by atomic mass is 32.2. The van der Waals surface area contributed by atoms with Gasteiger partial charge < -0.3 is 20.1 Å². The Morgan fingerprint density at radius 2 is 1.72 bits per heavy atom. The van der Waals surface area contributed by atoms with Crippen LogP contribution in [0, 0.1) is 0 Å². The van der Waals surface area contributed by atoms with E-state index >= 15 is 0 Å². The van der Waals surface area contributed by atoms with Crippen molar-refractivity contribution >= 4 is 21.6 Å². The normalized spacial score (nSPS) is 11.0. The molecule has 2 N–H and O–H groups in total. The van der Waals surface area contributed by atoms with Crippen LogP contribution >= 0.6 is 0 Å². The number of methoxy groups -OCH3 is 1. The zero-order chi connectivity index (χ0) is 22.8. The van der Waals surface area contributed by atoms with Crippen LogP contribution in [0.25, 0.3) is 0 Å². The van der Waals surface area contributed by atoms with Crippen molar-refractivity contribution in [3.05, 3.63) is 84.2 Å². The molecule has 1 heterocycles. The fourth-order valence-corrected chi connectivity index (χ4v) is 4.18. The van der Waals surface area contributed by atoms with E-state index in [9.17, 15) is 13.2 Å². The SMILES string of the molecule is COCCOc1ccc(CS(=O)(=O)c2ccc(NC(=O)NCc3cccnc3)cc2)cc1. The number of pyridine rings is 1. The number of aromatic nitrogens is 1. The van der Waals surface area contributed by atoms with Gasteiger partial charge in [0.1, 0.15) is 12.4 Å². The highest BCUT2D eigenvalue weighted by Crippen LogP contribution is 2.20. The molecule has 32 heavy (non-hydrogen) atoms. The first-order valence-electron chi connectivity index (χ1n) is 9.93. The lowest BCUT2D eigenvalue weighted by molar-refractivity contribution is 0.146. The summed E-state index contributed by atoms with van der Waals surface area (Å²) in [4.78, 5) is 16.2. The number of carbonyl (C=O) groups is 1. The average Bonchev–Trinajstić information content (AvgIpc) is 2.80. The predicted molar refractivity (Wildman–Crippen MR) is 121 cm³/mol. The maximum absolute atomic E-state index is 12.7. The Bertz CT molecular complexity index is 1100. The third-order valence-electron chi connectivity index (χ3n) is 4.48. The van der Waals surface area contributed by atoms with E-state index in [1.165, 1.54) is 12.1 Å². The Balaban J connectivity index is 1.54. The molecule has 0 saturated carbocycles. The minimum absolute atomic E-state index is 0.135. The van der Waals surface area contributed by atoms with E-state index in [0.717, 1.165) is 5.56 Å². The summed E-state index contributed by atoms with van der Waals surface area (Å²) in [7, 11) is -1.94. The van der Waals surface area contributed by atoms with Gasteiger partial charge in [0.2, 0.25) is 0 Å². The van der Waals surface area contributed by atoms with Crippen LogP contribution in [0.3, 0.4) is 0 Å². The van der Waals surface area contributed by atoms with Crippen molar-refractivity contribution in [3.8, 4) is 5.75 Å². The van der Waals surface area contributed by atoms with Crippen molar-refractivity contribution < 1.29 is 22.7 Å². The summed E-state index contributed by atoms with van der Waals surface area (Å²) in [5.41, 5.74) is 2.02. The molecule has 0 aliphatic heterocycles. The summed E-state index contributed by atoms with van der Waals surface area (Å²) in [6, 6.07) is 16.3. The van der Waals surface area contributed by atoms with Gasteiger partial charge in [0.25, 0.3) is 0 Å². The van der Waals surface area contributed by atoms with Gasteiger partial charge in [-0.2, -0.15) is 0 Å². The maximum atomic E-state index is 12.7. The molecular formula is C23H25N3O5S. The maximum Gasteiger partial charge on any atom is 0.319 e. The number of urea groups is 1. The first-order valence-corrected chi connectivity index (χ1v) is 11.6. The number of benzene rings is 2. The van der Waals surface area contributed by atoms with Crippen molar-refractivity contribution in [1.82, 2.24) is 10.3 Å². The molecule has 0 aliphatic carbocycles. The second kappa shape index (κ2) is 11.3. The Labute approximate surface area is 187 Å². The molecule has 1 aromatic heterocycles. The number of ether oxygens (including phenoxy) is 2. The number of anilines is 1. The third-order valence-corrected chi connectivity index (χ3v) is 6.19. The molecule has 0 atom stereocenters. The van der Waals surface area contributed by atoms with Gasteiger partial charge in [0.05, 0.1) is 17.3 Å². The summed E-state index contributed by atoms with van der Waals surface area (Å²) in [6.45, 7) is 1.24. The molecule has 0 fully saturated rings. The molecule has 0 radical (unpaired) electrons. The van der Waals surface area contributed by atoms with Crippen LogP contribution in [0.15, 0.2) is 78.0 Å². The lowest BCUT2D eigenvalue weighted by atomic mass is 10.2. The average molecular weight is 456 g/mol. The molecule has 3 rings (SSSR count). The molecule has 168 valence electrons. The molecule has 0 unspecified atom stereocenters. The summed E-state index contributed by atoms with van der Waals surface area (Å²) in [5, 5.41) is 5.40. The number of hydrogen-bond donors (Lipinski definition) is 2. The van der Waals surface area contributed by atoms with E-state index in [0.29, 0.717) is 36.8 Å². The van der Waals surface area contributed by atoms with Crippen molar-refractivity contribution in [2.45, 2.75) is 17.2 Å². The molecule has 2 aromatic carbocycles. The molecule has 0 aliphatic rings. The molecule has 3 aromatic rings. The predicted octanol–water partition coefficient (Wildman–Crippen LogP) is 3.40. The second-order valence-electron chi connectivity index (χ2n) is 6.94. The second-order valence-corrected chi connectivity index (χ2v) is 8.93. The molecule has 0 bridgehead atoms. The molecule has 0 saturated heterocycles. The number of amides is 2. The van der Waals surface area contributed by atoms with Crippen LogP contribution in [0.5, 0.6) is 5.75 Å². The Morgan fingerprint density at radius 3 is 2.38 bits per heavy atom. The monoisotopic (exact) mass is 455 g/mol. The fraction of sp³-hybridized carbons (Fsp3) is 0.217. The Hall–Kier alpha value is -3.43. The number of rotatable bonds is 10. The number of carbonyl (C=O) groups excluding carboxylic acids is 1. The summed E-state index contributed by atoms with van der Waals surface area (Å²) in [6.07, 6.45) is 3.33. The van der Waals surface area contributed by atoms with Crippen LogP contribution in [0.1, 0.15) is 11.1 Å². The van der Waals surface area contributed by atoms with Crippen molar-refractivity contribution in [1.29, 1.82) is 0 Å². The molecule has 0 spiro atoms. The molecule has 2 amide bonds. The minimum Gasteiger partial charge on any atom is -0.491 e. The van der Waals surface area contributed by atoms with Gasteiger partial charge in [-0.3, -0.25) is 4.98 Å². The lowest BCUT2D eigenvalue weighted by Gasteiger charge is -2.10. The van der Waals surface area contributed by atoms with Gasteiger partial charge in [0.15, 0.2) is 9.84 Å². The van der Waals surface area contributed by atoms with Crippen LogP contribution in [-0.2, 0) is 26.9 Å². The topological polar surface area (TPSA) is 107 Å². The number of nitrogens with one attached hydrogen (secondary N) is 2. The van der Waals surface area contributed by atoms with Gasteiger partial charge in [-0.1, -0.05) is 18.2 Å². The number of sulfone groups is 1. The highest BCUT2D eigenvalue weighted by molar-refractivity contribution is 7.90. The van der Waals surface area contributed by atoms with Gasteiger partial charge in [-0.05, 0) is 53.6 Å². The van der Waals surface area contributed by atoms with Crippen LogP contribution < -0.4 is 15.4 Å². The molecule has 8 nitrogen and oxygen atoms in total. The van der Waals surface area contributed by atoms with E-state index in [1.54, 1.807) is 62.0 Å². The van der Waals surface area contributed by atoms with Crippen LogP contribution in [0.2, 0.25) is 0 Å². The molecule has 9 heteroatoms. The van der Waals surface area contributed by atoms with E-state index in [2.05, 4.69) is 15.6 Å². The van der Waals surface area contributed by atoms with E-state index in [1.807, 2.05) is 6.07 Å². The van der Waals surface area contributed by atoms with E-state index < -0.39 is 15.9 Å². The standard InChI is InChI=1S/C23H25N3O5S/c1-30-13-14-31-21-8-4-18(5-9-21)17-32(28,29)22-10-6-20(7-11-22)26-23(27)25-16-19-3-2-12-24-15-19/h2-12,15H,13-14,16-17H2,1H3,(H2,25,26,27). The van der Waals surface area contributed by atoms with E-state index in [4.69, 9.17) is 9.47 Å². The number of hydrogen-bond acceptors (Lipinski definition) is 6. The van der Waals surface area contributed by atoms with Crippen molar-refractivity contribution in [2.24, 2.45) is 0 Å². The lowest BCUT2D eigenvalue weighted by Crippen LogP contribution is -2.28. The van der Waals surface area contributed by atoms with Crippen LogP contribution in [0.4, 0.5) is 10.5 Å².